The summed E-state index contributed by atoms with van der Waals surface area (Å²) in [4.78, 5) is 64.1. The Labute approximate surface area is 352 Å². The van der Waals surface area contributed by atoms with Crippen molar-refractivity contribution in [1.29, 1.82) is 0 Å². The molecule has 306 valence electrons. The Morgan fingerprint density at radius 1 is 0.754 bits per heavy atom. The van der Waals surface area contributed by atoms with Crippen molar-refractivity contribution in [2.75, 3.05) is 24.7 Å². The smallest absolute Gasteiger partial charge is 0.339 e. The van der Waals surface area contributed by atoms with Crippen LogP contribution in [0.1, 0.15) is 62.6 Å². The van der Waals surface area contributed by atoms with Gasteiger partial charge in [0.2, 0.25) is 0 Å². The highest BCUT2D eigenvalue weighted by Crippen LogP contribution is 2.43. The maximum Gasteiger partial charge on any atom is 0.339 e. The number of para-hydroxylation sites is 1. The molecular formula is C50H43N3O8. The number of hydrogen-bond donors (Lipinski definition) is 2. The summed E-state index contributed by atoms with van der Waals surface area (Å²) in [6.45, 7) is 1.84. The molecule has 0 aliphatic carbocycles. The van der Waals surface area contributed by atoms with Gasteiger partial charge in [-0.15, -0.1) is 0 Å². The van der Waals surface area contributed by atoms with Crippen molar-refractivity contribution in [3.8, 4) is 16.9 Å². The fourth-order valence-corrected chi connectivity index (χ4v) is 7.82. The first-order valence-electron chi connectivity index (χ1n) is 20.2. The summed E-state index contributed by atoms with van der Waals surface area (Å²) in [6.07, 6.45) is -1.41. The molecule has 2 heterocycles. The van der Waals surface area contributed by atoms with Gasteiger partial charge in [0.15, 0.2) is 0 Å². The normalized spacial score (nSPS) is 15.8. The van der Waals surface area contributed by atoms with E-state index in [1.165, 1.54) is 4.90 Å². The third-order valence-corrected chi connectivity index (χ3v) is 10.7. The Morgan fingerprint density at radius 3 is 2.28 bits per heavy atom. The molecule has 2 N–H and O–H groups in total. The van der Waals surface area contributed by atoms with E-state index in [4.69, 9.17) is 19.2 Å². The van der Waals surface area contributed by atoms with Gasteiger partial charge in [0, 0.05) is 29.5 Å². The lowest BCUT2D eigenvalue weighted by Gasteiger charge is -2.45. The van der Waals surface area contributed by atoms with E-state index < -0.39 is 48.4 Å². The number of carbonyl (C=O) groups excluding carboxylic acids is 4. The number of aliphatic hydroxyl groups excluding tert-OH is 1. The molecule has 0 fully saturated rings. The van der Waals surface area contributed by atoms with Gasteiger partial charge < -0.3 is 24.6 Å². The van der Waals surface area contributed by atoms with Crippen LogP contribution in [0.2, 0.25) is 0 Å². The number of esters is 2. The molecule has 3 atom stereocenters. The van der Waals surface area contributed by atoms with Crippen LogP contribution in [-0.2, 0) is 14.3 Å². The third kappa shape index (κ3) is 8.69. The van der Waals surface area contributed by atoms with Crippen molar-refractivity contribution >= 4 is 51.1 Å². The molecule has 0 unspecified atom stereocenters. The van der Waals surface area contributed by atoms with Gasteiger partial charge in [-0.3, -0.25) is 19.3 Å². The number of amides is 2. The van der Waals surface area contributed by atoms with E-state index >= 15 is 4.79 Å². The molecule has 11 nitrogen and oxygen atoms in total. The molecule has 6 aromatic carbocycles. The van der Waals surface area contributed by atoms with E-state index in [1.54, 1.807) is 67.6 Å². The number of fused-ring (bicyclic) bond motifs is 3. The highest BCUT2D eigenvalue weighted by molar-refractivity contribution is 6.08. The third-order valence-electron chi connectivity index (χ3n) is 10.7. The molecule has 0 spiro atoms. The van der Waals surface area contributed by atoms with Crippen molar-refractivity contribution in [2.45, 2.75) is 38.0 Å². The largest absolute Gasteiger partial charge is 0.493 e. The molecule has 1 aliphatic rings. The zero-order valence-electron chi connectivity index (χ0n) is 33.4. The molecule has 0 bridgehead atoms. The average Bonchev–Trinajstić information content (AvgIpc) is 3.30. The van der Waals surface area contributed by atoms with Crippen LogP contribution in [-0.4, -0.2) is 65.8 Å². The number of pyridine rings is 1. The summed E-state index contributed by atoms with van der Waals surface area (Å²) < 4.78 is 18.1. The average molecular weight is 814 g/mol. The molecule has 1 aliphatic heterocycles. The van der Waals surface area contributed by atoms with E-state index in [1.807, 2.05) is 91.0 Å². The topological polar surface area (TPSA) is 144 Å². The number of nitrogens with zero attached hydrogens (tertiary/aromatic N) is 2. The number of ether oxygens (including phenoxy) is 3. The maximum absolute atomic E-state index is 15.1. The predicted molar refractivity (Wildman–Crippen MR) is 232 cm³/mol. The fourth-order valence-electron chi connectivity index (χ4n) is 7.82. The molecular weight excluding hydrogens is 771 g/mol. The van der Waals surface area contributed by atoms with Crippen LogP contribution in [0.4, 0.5) is 5.69 Å². The lowest BCUT2D eigenvalue weighted by Crippen LogP contribution is -2.58. The minimum atomic E-state index is -1.37. The minimum Gasteiger partial charge on any atom is -0.493 e. The Balaban J connectivity index is 1.30. The number of carbonyl (C=O) groups is 4. The summed E-state index contributed by atoms with van der Waals surface area (Å²) in [5.41, 5.74) is 3.36. The molecule has 0 saturated heterocycles. The standard InChI is InChI=1S/C50H43N3O8/c1-2-59-45(55)31-44-47(61-50(58)39-19-10-9-18-38(39)33-14-4-3-5-15-33)46(52-48(56)36-22-21-32-13-6-7-17-35(32)29-36)40-30-37(60-28-12-27-54)24-26-43(40)53(44)49(57)42-25-23-34-16-8-11-20-41(34)51-42/h3-11,13-26,29-30,44,46-47,54H,2,12,27-28,31H2,1H3,(H,52,56)/t44-,46-,47-/m0/s1. The van der Waals surface area contributed by atoms with Gasteiger partial charge in [-0.05, 0) is 77.4 Å². The van der Waals surface area contributed by atoms with Gasteiger partial charge in [0.1, 0.15) is 17.5 Å². The number of rotatable bonds is 13. The highest BCUT2D eigenvalue weighted by atomic mass is 16.5. The summed E-state index contributed by atoms with van der Waals surface area (Å²) in [6, 6.07) is 42.9. The Morgan fingerprint density at radius 2 is 1.48 bits per heavy atom. The van der Waals surface area contributed by atoms with Gasteiger partial charge in [-0.2, -0.15) is 0 Å². The first-order valence-corrected chi connectivity index (χ1v) is 20.2. The van der Waals surface area contributed by atoms with E-state index in [9.17, 15) is 19.5 Å². The quantitative estimate of drug-likeness (QED) is 0.0865. The van der Waals surface area contributed by atoms with Crippen molar-refractivity contribution in [3.63, 3.8) is 0 Å². The van der Waals surface area contributed by atoms with Gasteiger partial charge in [-0.25, -0.2) is 9.78 Å². The lowest BCUT2D eigenvalue weighted by atomic mass is 9.85. The second kappa shape index (κ2) is 18.3. The van der Waals surface area contributed by atoms with Crippen molar-refractivity contribution in [3.05, 3.63) is 174 Å². The van der Waals surface area contributed by atoms with Crippen molar-refractivity contribution < 1.29 is 38.5 Å². The van der Waals surface area contributed by atoms with Crippen LogP contribution in [0, 0.1) is 0 Å². The lowest BCUT2D eigenvalue weighted by molar-refractivity contribution is -0.144. The van der Waals surface area contributed by atoms with E-state index in [0.29, 0.717) is 40.1 Å². The number of anilines is 1. The van der Waals surface area contributed by atoms with Gasteiger partial charge >= 0.3 is 11.9 Å². The summed E-state index contributed by atoms with van der Waals surface area (Å²) >= 11 is 0. The Bertz CT molecular complexity index is 2740. The number of aromatic nitrogens is 1. The number of nitrogens with one attached hydrogen (secondary N) is 1. The fraction of sp³-hybridized carbons (Fsp3) is 0.180. The van der Waals surface area contributed by atoms with Crippen LogP contribution in [0.3, 0.4) is 0 Å². The zero-order valence-corrected chi connectivity index (χ0v) is 33.4. The molecule has 7 aromatic rings. The summed E-state index contributed by atoms with van der Waals surface area (Å²) in [7, 11) is 0. The van der Waals surface area contributed by atoms with E-state index in [-0.39, 0.29) is 31.1 Å². The Kier molecular flexibility index (Phi) is 12.1. The number of hydrogen-bond acceptors (Lipinski definition) is 9. The van der Waals surface area contributed by atoms with E-state index in [2.05, 4.69) is 5.32 Å². The second-order valence-electron chi connectivity index (χ2n) is 14.6. The summed E-state index contributed by atoms with van der Waals surface area (Å²) in [5, 5.41) is 15.3. The molecule has 8 rings (SSSR count). The molecule has 0 saturated carbocycles. The number of aliphatic hydroxyl groups is 1. The number of benzene rings is 6. The molecule has 1 aromatic heterocycles. The molecule has 0 radical (unpaired) electrons. The van der Waals surface area contributed by atoms with Crippen LogP contribution in [0.5, 0.6) is 5.75 Å². The van der Waals surface area contributed by atoms with Crippen molar-refractivity contribution in [1.82, 2.24) is 10.3 Å². The monoisotopic (exact) mass is 813 g/mol. The first-order chi connectivity index (χ1) is 29.8. The zero-order chi connectivity index (χ0) is 42.3. The van der Waals surface area contributed by atoms with Gasteiger partial charge in [-0.1, -0.05) is 103 Å². The van der Waals surface area contributed by atoms with E-state index in [0.717, 1.165) is 21.7 Å². The van der Waals surface area contributed by atoms with Crippen LogP contribution in [0.25, 0.3) is 32.8 Å². The second-order valence-corrected chi connectivity index (χ2v) is 14.6. The molecule has 11 heteroatoms. The highest BCUT2D eigenvalue weighted by Gasteiger charge is 2.48. The maximum atomic E-state index is 15.1. The van der Waals surface area contributed by atoms with Crippen molar-refractivity contribution in [2.24, 2.45) is 0 Å². The minimum absolute atomic E-state index is 0.0634. The first kappa shape index (κ1) is 40.4. The SMILES string of the molecule is CCOC(=O)C[C@H]1[C@H](OC(=O)c2ccccc2-c2ccccc2)[C@@H](NC(=O)c2ccc3ccccc3c2)c2cc(OCCCO)ccc2N1C(=O)c1ccc2ccccc2n1. The predicted octanol–water partition coefficient (Wildman–Crippen LogP) is 8.50. The summed E-state index contributed by atoms with van der Waals surface area (Å²) in [5.74, 6) is -2.05. The van der Waals surface area contributed by atoms with Crippen LogP contribution >= 0.6 is 0 Å². The molecule has 61 heavy (non-hydrogen) atoms. The van der Waals surface area contributed by atoms with Crippen LogP contribution < -0.4 is 15.0 Å². The van der Waals surface area contributed by atoms with Gasteiger partial charge in [0.05, 0.1) is 48.5 Å². The molecule has 2 amide bonds. The van der Waals surface area contributed by atoms with Crippen LogP contribution in [0.15, 0.2) is 152 Å². The Hall–Kier alpha value is -7.37. The van der Waals surface area contributed by atoms with Gasteiger partial charge in [0.25, 0.3) is 11.8 Å².